The number of fused-ring (bicyclic) bond motifs is 2. The van der Waals surface area contributed by atoms with Crippen LogP contribution in [0.1, 0.15) is 0 Å². The summed E-state index contributed by atoms with van der Waals surface area (Å²) in [5.74, 6) is 7.93. The summed E-state index contributed by atoms with van der Waals surface area (Å²) in [5, 5.41) is 6.17. The van der Waals surface area contributed by atoms with Crippen LogP contribution in [-0.4, -0.2) is 16.8 Å². The lowest BCUT2D eigenvalue weighted by molar-refractivity contribution is 0.174. The third-order valence-corrected chi connectivity index (χ3v) is 3.90. The number of hydrogen-bond acceptors (Lipinski definition) is 8. The third-order valence-electron chi connectivity index (χ3n) is 3.09. The molecule has 8 heteroatoms. The van der Waals surface area contributed by atoms with E-state index in [9.17, 15) is 0 Å². The molecule has 1 aromatic carbocycles. The number of rotatable bonds is 3. The summed E-state index contributed by atoms with van der Waals surface area (Å²) < 4.78 is 10.7. The molecule has 0 bridgehead atoms. The van der Waals surface area contributed by atoms with Gasteiger partial charge in [-0.2, -0.15) is 4.98 Å². The van der Waals surface area contributed by atoms with Crippen LogP contribution < -0.4 is 26.1 Å². The van der Waals surface area contributed by atoms with E-state index in [4.69, 9.17) is 15.3 Å². The van der Waals surface area contributed by atoms with Gasteiger partial charge in [0.05, 0.1) is 5.39 Å². The fraction of sp³-hybridized carbons (Fsp3) is 0.0769. The van der Waals surface area contributed by atoms with Crippen molar-refractivity contribution in [2.24, 2.45) is 5.84 Å². The molecule has 0 saturated heterocycles. The molecule has 0 fully saturated rings. The van der Waals surface area contributed by atoms with E-state index in [1.165, 1.54) is 11.3 Å². The van der Waals surface area contributed by atoms with E-state index in [2.05, 4.69) is 20.7 Å². The Bertz CT molecular complexity index is 819. The van der Waals surface area contributed by atoms with E-state index in [1.54, 1.807) is 0 Å². The van der Waals surface area contributed by atoms with Crippen LogP contribution in [0.5, 0.6) is 11.5 Å². The van der Waals surface area contributed by atoms with E-state index >= 15 is 0 Å². The summed E-state index contributed by atoms with van der Waals surface area (Å²) in [4.78, 5) is 9.52. The number of ether oxygens (including phenoxy) is 2. The van der Waals surface area contributed by atoms with Crippen molar-refractivity contribution in [3.05, 3.63) is 29.6 Å². The van der Waals surface area contributed by atoms with Gasteiger partial charge in [-0.15, -0.1) is 11.3 Å². The standard InChI is InChI=1S/C13H11N5O2S/c14-18-13-16-11(8-3-4-21-12(8)17-13)15-7-1-2-9-10(5-7)20-6-19-9/h1-5H,6,14H2,(H2,15,16,17,18). The molecule has 0 atom stereocenters. The van der Waals surface area contributed by atoms with Crippen LogP contribution in [-0.2, 0) is 0 Å². The first-order valence-corrected chi connectivity index (χ1v) is 7.10. The van der Waals surface area contributed by atoms with Gasteiger partial charge in [0, 0.05) is 11.8 Å². The van der Waals surface area contributed by atoms with Gasteiger partial charge in [0.1, 0.15) is 10.6 Å². The first-order chi connectivity index (χ1) is 10.3. The fourth-order valence-electron chi connectivity index (χ4n) is 2.13. The Morgan fingerprint density at radius 2 is 2.05 bits per heavy atom. The Kier molecular flexibility index (Phi) is 2.76. The first kappa shape index (κ1) is 12.2. The van der Waals surface area contributed by atoms with Crippen molar-refractivity contribution < 1.29 is 9.47 Å². The molecule has 106 valence electrons. The minimum atomic E-state index is 0.252. The highest BCUT2D eigenvalue weighted by Gasteiger charge is 2.14. The van der Waals surface area contributed by atoms with Crippen molar-refractivity contribution in [1.82, 2.24) is 9.97 Å². The van der Waals surface area contributed by atoms with E-state index in [1.807, 2.05) is 29.6 Å². The van der Waals surface area contributed by atoms with Gasteiger partial charge in [-0.3, -0.25) is 5.43 Å². The second kappa shape index (κ2) is 4.76. The summed E-state index contributed by atoms with van der Waals surface area (Å²) in [5.41, 5.74) is 3.33. The monoisotopic (exact) mass is 301 g/mol. The van der Waals surface area contributed by atoms with Crippen molar-refractivity contribution >= 4 is 39.0 Å². The number of nitrogens with two attached hydrogens (primary N) is 1. The van der Waals surface area contributed by atoms with Gasteiger partial charge in [-0.25, -0.2) is 10.8 Å². The number of anilines is 3. The molecule has 3 heterocycles. The van der Waals surface area contributed by atoms with Crippen LogP contribution in [0, 0.1) is 0 Å². The van der Waals surface area contributed by atoms with Gasteiger partial charge in [0.2, 0.25) is 12.7 Å². The largest absolute Gasteiger partial charge is 0.454 e. The van der Waals surface area contributed by atoms with Gasteiger partial charge in [-0.1, -0.05) is 0 Å². The molecule has 0 unspecified atom stereocenters. The molecule has 21 heavy (non-hydrogen) atoms. The minimum Gasteiger partial charge on any atom is -0.454 e. The van der Waals surface area contributed by atoms with Crippen molar-refractivity contribution in [3.8, 4) is 11.5 Å². The molecular formula is C13H11N5O2S. The number of thiophene rings is 1. The zero-order valence-corrected chi connectivity index (χ0v) is 11.6. The summed E-state index contributed by atoms with van der Waals surface area (Å²) in [6.07, 6.45) is 0. The van der Waals surface area contributed by atoms with Crippen molar-refractivity contribution in [3.63, 3.8) is 0 Å². The van der Waals surface area contributed by atoms with Crippen molar-refractivity contribution in [2.45, 2.75) is 0 Å². The maximum absolute atomic E-state index is 5.41. The third kappa shape index (κ3) is 2.10. The average Bonchev–Trinajstić information content (AvgIpc) is 3.14. The number of benzene rings is 1. The Balaban J connectivity index is 1.75. The van der Waals surface area contributed by atoms with Crippen LogP contribution in [0.4, 0.5) is 17.5 Å². The number of hydrazine groups is 1. The van der Waals surface area contributed by atoms with E-state index in [-0.39, 0.29) is 6.79 Å². The van der Waals surface area contributed by atoms with Gasteiger partial charge in [0.25, 0.3) is 0 Å². The maximum atomic E-state index is 5.41. The normalized spacial score (nSPS) is 12.6. The van der Waals surface area contributed by atoms with E-state index in [0.29, 0.717) is 17.5 Å². The number of aromatic nitrogens is 2. The second-order valence-electron chi connectivity index (χ2n) is 4.37. The predicted octanol–water partition coefficient (Wildman–Crippen LogP) is 2.45. The molecule has 0 aliphatic carbocycles. The number of nitrogen functional groups attached to an aromatic ring is 1. The lowest BCUT2D eigenvalue weighted by Crippen LogP contribution is -2.11. The molecule has 2 aromatic heterocycles. The predicted molar refractivity (Wildman–Crippen MR) is 81.1 cm³/mol. The van der Waals surface area contributed by atoms with Gasteiger partial charge >= 0.3 is 0 Å². The molecule has 1 aliphatic heterocycles. The fourth-order valence-corrected chi connectivity index (χ4v) is 2.89. The zero-order valence-electron chi connectivity index (χ0n) is 10.8. The van der Waals surface area contributed by atoms with E-state index < -0.39 is 0 Å². The average molecular weight is 301 g/mol. The Morgan fingerprint density at radius 3 is 2.95 bits per heavy atom. The molecular weight excluding hydrogens is 290 g/mol. The van der Waals surface area contributed by atoms with Crippen molar-refractivity contribution in [1.29, 1.82) is 0 Å². The molecule has 0 saturated carbocycles. The number of hydrogen-bond donors (Lipinski definition) is 3. The summed E-state index contributed by atoms with van der Waals surface area (Å²) >= 11 is 1.53. The van der Waals surface area contributed by atoms with Gasteiger partial charge in [-0.05, 0) is 23.6 Å². The molecule has 3 aromatic rings. The molecule has 0 radical (unpaired) electrons. The Labute approximate surface area is 123 Å². The molecule has 0 amide bonds. The quantitative estimate of drug-likeness (QED) is 0.505. The van der Waals surface area contributed by atoms with Crippen molar-refractivity contribution in [2.75, 3.05) is 17.5 Å². The van der Waals surface area contributed by atoms with Crippen LogP contribution >= 0.6 is 11.3 Å². The van der Waals surface area contributed by atoms with Gasteiger partial charge < -0.3 is 14.8 Å². The minimum absolute atomic E-state index is 0.252. The Hall–Kier alpha value is -2.58. The summed E-state index contributed by atoms with van der Waals surface area (Å²) in [6, 6.07) is 7.61. The van der Waals surface area contributed by atoms with Gasteiger partial charge in [0.15, 0.2) is 11.5 Å². The summed E-state index contributed by atoms with van der Waals surface area (Å²) in [6.45, 7) is 0.252. The zero-order chi connectivity index (χ0) is 14.2. The SMILES string of the molecule is NNc1nc(Nc2ccc3c(c2)OCO3)c2ccsc2n1. The van der Waals surface area contributed by atoms with Crippen LogP contribution in [0.3, 0.4) is 0 Å². The molecule has 4 N–H and O–H groups in total. The molecule has 0 spiro atoms. The second-order valence-corrected chi connectivity index (χ2v) is 5.27. The van der Waals surface area contributed by atoms with E-state index in [0.717, 1.165) is 21.7 Å². The molecule has 7 nitrogen and oxygen atoms in total. The molecule has 4 rings (SSSR count). The topological polar surface area (TPSA) is 94.3 Å². The lowest BCUT2D eigenvalue weighted by atomic mass is 10.2. The van der Waals surface area contributed by atoms with Crippen LogP contribution in [0.2, 0.25) is 0 Å². The molecule has 1 aliphatic rings. The van der Waals surface area contributed by atoms with Crippen LogP contribution in [0.15, 0.2) is 29.6 Å². The highest BCUT2D eigenvalue weighted by Crippen LogP contribution is 2.36. The number of nitrogens with zero attached hydrogens (tertiary/aromatic N) is 2. The highest BCUT2D eigenvalue weighted by molar-refractivity contribution is 7.16. The lowest BCUT2D eigenvalue weighted by Gasteiger charge is -2.09. The Morgan fingerprint density at radius 1 is 1.14 bits per heavy atom. The van der Waals surface area contributed by atoms with Crippen LogP contribution in [0.25, 0.3) is 10.2 Å². The summed E-state index contributed by atoms with van der Waals surface area (Å²) in [7, 11) is 0. The smallest absolute Gasteiger partial charge is 0.240 e. The first-order valence-electron chi connectivity index (χ1n) is 6.22. The highest BCUT2D eigenvalue weighted by atomic mass is 32.1. The maximum Gasteiger partial charge on any atom is 0.240 e. The number of nitrogens with one attached hydrogen (secondary N) is 2.